The van der Waals surface area contributed by atoms with Gasteiger partial charge in [-0.25, -0.2) is 0 Å². The van der Waals surface area contributed by atoms with E-state index in [1.165, 1.54) is 40.4 Å². The molecule has 0 radical (unpaired) electrons. The van der Waals surface area contributed by atoms with Crippen molar-refractivity contribution in [1.82, 2.24) is 0 Å². The zero-order chi connectivity index (χ0) is 18.6. The van der Waals surface area contributed by atoms with E-state index in [2.05, 4.69) is 0 Å². The van der Waals surface area contributed by atoms with Crippen LogP contribution >= 0.6 is 0 Å². The van der Waals surface area contributed by atoms with E-state index in [1.807, 2.05) is 0 Å². The zero-order valence-electron chi connectivity index (χ0n) is 15.0. The summed E-state index contributed by atoms with van der Waals surface area (Å²) in [6, 6.07) is 8.18. The summed E-state index contributed by atoms with van der Waals surface area (Å²) in [7, 11) is 6.03. The van der Waals surface area contributed by atoms with Crippen molar-refractivity contribution in [3.63, 3.8) is 0 Å². The van der Waals surface area contributed by atoms with E-state index in [-0.39, 0.29) is 11.5 Å². The van der Waals surface area contributed by atoms with Crippen LogP contribution in [0, 0.1) is 0 Å². The molecule has 0 aliphatic carbocycles. The van der Waals surface area contributed by atoms with Crippen LogP contribution in [0.15, 0.2) is 30.3 Å². The maximum atomic E-state index is 12.5. The van der Waals surface area contributed by atoms with Crippen LogP contribution in [0.5, 0.6) is 28.7 Å². The molecule has 0 fully saturated rings. The van der Waals surface area contributed by atoms with Gasteiger partial charge in [0.25, 0.3) is 0 Å². The van der Waals surface area contributed by atoms with Crippen molar-refractivity contribution in [2.75, 3.05) is 28.4 Å². The molecule has 2 aromatic rings. The van der Waals surface area contributed by atoms with E-state index in [1.54, 1.807) is 25.3 Å². The third kappa shape index (κ3) is 3.63. The van der Waals surface area contributed by atoms with Gasteiger partial charge in [0.2, 0.25) is 0 Å². The van der Waals surface area contributed by atoms with Gasteiger partial charge in [-0.15, -0.1) is 0 Å². The fraction of sp³-hybridized carbons (Fsp3) is 0.316. The predicted octanol–water partition coefficient (Wildman–Crippen LogP) is 3.15. The Morgan fingerprint density at radius 3 is 1.80 bits per heavy atom. The predicted molar refractivity (Wildman–Crippen MR) is 93.3 cm³/mol. The number of carbonyl (C=O) groups is 1. The molecule has 25 heavy (non-hydrogen) atoms. The average molecular weight is 346 g/mol. The number of hydrogen-bond acceptors (Lipinski definition) is 6. The van der Waals surface area contributed by atoms with Crippen molar-refractivity contribution in [3.05, 3.63) is 41.5 Å². The SMILES string of the molecule is COc1ccc(C(C(C)=O)c2c(OC)cc(O)cc2OC)cc1OC. The van der Waals surface area contributed by atoms with Crippen LogP contribution in [0.3, 0.4) is 0 Å². The molecule has 1 unspecified atom stereocenters. The van der Waals surface area contributed by atoms with Crippen molar-refractivity contribution in [3.8, 4) is 28.7 Å². The molecular weight excluding hydrogens is 324 g/mol. The number of Topliss-reactive ketones (excluding diaryl/α,β-unsaturated/α-hetero) is 1. The maximum Gasteiger partial charge on any atom is 0.161 e. The molecule has 0 amide bonds. The van der Waals surface area contributed by atoms with Gasteiger partial charge in [-0.05, 0) is 24.6 Å². The maximum absolute atomic E-state index is 12.5. The van der Waals surface area contributed by atoms with Gasteiger partial charge in [0.05, 0.1) is 39.9 Å². The Kier molecular flexibility index (Phi) is 5.75. The van der Waals surface area contributed by atoms with E-state index in [0.29, 0.717) is 34.1 Å². The van der Waals surface area contributed by atoms with Crippen molar-refractivity contribution < 1.29 is 28.8 Å². The normalized spacial score (nSPS) is 11.6. The Balaban J connectivity index is 2.70. The highest BCUT2D eigenvalue weighted by Gasteiger charge is 2.28. The lowest BCUT2D eigenvalue weighted by molar-refractivity contribution is -0.117. The molecule has 0 aromatic heterocycles. The second-order valence-corrected chi connectivity index (χ2v) is 5.42. The quantitative estimate of drug-likeness (QED) is 0.830. The van der Waals surface area contributed by atoms with Crippen LogP contribution in [0.4, 0.5) is 0 Å². The van der Waals surface area contributed by atoms with Crippen molar-refractivity contribution in [1.29, 1.82) is 0 Å². The molecule has 0 bridgehead atoms. The smallest absolute Gasteiger partial charge is 0.161 e. The van der Waals surface area contributed by atoms with Gasteiger partial charge in [0.1, 0.15) is 23.0 Å². The Morgan fingerprint density at radius 2 is 1.36 bits per heavy atom. The van der Waals surface area contributed by atoms with E-state index >= 15 is 0 Å². The van der Waals surface area contributed by atoms with E-state index in [4.69, 9.17) is 18.9 Å². The minimum absolute atomic E-state index is 0.00735. The highest BCUT2D eigenvalue weighted by Crippen LogP contribution is 2.43. The molecule has 0 aliphatic heterocycles. The van der Waals surface area contributed by atoms with Crippen LogP contribution in [0.2, 0.25) is 0 Å². The Morgan fingerprint density at radius 1 is 0.840 bits per heavy atom. The molecule has 0 saturated carbocycles. The number of methoxy groups -OCH3 is 4. The molecule has 1 N–H and O–H groups in total. The minimum Gasteiger partial charge on any atom is -0.508 e. The number of hydrogen-bond donors (Lipinski definition) is 1. The summed E-state index contributed by atoms with van der Waals surface area (Å²) >= 11 is 0. The van der Waals surface area contributed by atoms with Crippen LogP contribution in [0.25, 0.3) is 0 Å². The molecule has 0 heterocycles. The lowest BCUT2D eigenvalue weighted by atomic mass is 9.86. The summed E-state index contributed by atoms with van der Waals surface area (Å²) in [4.78, 5) is 12.5. The third-order valence-corrected chi connectivity index (χ3v) is 3.96. The van der Waals surface area contributed by atoms with Crippen LogP contribution in [0.1, 0.15) is 24.0 Å². The topological polar surface area (TPSA) is 74.2 Å². The summed E-state index contributed by atoms with van der Waals surface area (Å²) in [6.45, 7) is 1.49. The fourth-order valence-electron chi connectivity index (χ4n) is 2.85. The van der Waals surface area contributed by atoms with Gasteiger partial charge < -0.3 is 24.1 Å². The molecule has 2 aromatic carbocycles. The largest absolute Gasteiger partial charge is 0.508 e. The first-order chi connectivity index (χ1) is 12.0. The summed E-state index contributed by atoms with van der Waals surface area (Å²) in [5.41, 5.74) is 1.25. The third-order valence-electron chi connectivity index (χ3n) is 3.96. The lowest BCUT2D eigenvalue weighted by Crippen LogP contribution is -2.13. The van der Waals surface area contributed by atoms with Gasteiger partial charge in [-0.3, -0.25) is 4.79 Å². The van der Waals surface area contributed by atoms with Crippen LogP contribution in [-0.2, 0) is 4.79 Å². The number of ketones is 1. The highest BCUT2D eigenvalue weighted by atomic mass is 16.5. The molecule has 134 valence electrons. The molecule has 6 heteroatoms. The first kappa shape index (κ1) is 18.4. The van der Waals surface area contributed by atoms with E-state index in [9.17, 15) is 9.90 Å². The molecule has 0 spiro atoms. The van der Waals surface area contributed by atoms with Crippen molar-refractivity contribution >= 4 is 5.78 Å². The van der Waals surface area contributed by atoms with E-state index < -0.39 is 5.92 Å². The summed E-state index contributed by atoms with van der Waals surface area (Å²) in [5.74, 6) is 1.06. The van der Waals surface area contributed by atoms with E-state index in [0.717, 1.165) is 0 Å². The van der Waals surface area contributed by atoms with Crippen molar-refractivity contribution in [2.24, 2.45) is 0 Å². The molecule has 0 aliphatic rings. The first-order valence-corrected chi connectivity index (χ1v) is 7.64. The van der Waals surface area contributed by atoms with Gasteiger partial charge in [-0.2, -0.15) is 0 Å². The summed E-state index contributed by atoms with van der Waals surface area (Å²) in [5, 5.41) is 9.84. The Hall–Kier alpha value is -2.89. The summed E-state index contributed by atoms with van der Waals surface area (Å²) in [6.07, 6.45) is 0. The van der Waals surface area contributed by atoms with Crippen molar-refractivity contribution in [2.45, 2.75) is 12.8 Å². The Labute approximate surface area is 146 Å². The number of phenols is 1. The number of benzene rings is 2. The molecule has 1 atom stereocenters. The number of ether oxygens (including phenoxy) is 4. The van der Waals surface area contributed by atoms with Crippen LogP contribution < -0.4 is 18.9 Å². The number of aromatic hydroxyl groups is 1. The summed E-state index contributed by atoms with van der Waals surface area (Å²) < 4.78 is 21.3. The number of carbonyl (C=O) groups excluding carboxylic acids is 1. The lowest BCUT2D eigenvalue weighted by Gasteiger charge is -2.22. The second kappa shape index (κ2) is 7.79. The zero-order valence-corrected chi connectivity index (χ0v) is 15.0. The first-order valence-electron chi connectivity index (χ1n) is 7.64. The van der Waals surface area contributed by atoms with Gasteiger partial charge in [-0.1, -0.05) is 6.07 Å². The standard InChI is InChI=1S/C19H22O6/c1-11(20)18(12-6-7-14(22-2)15(8-12)23-3)19-16(24-4)9-13(21)10-17(19)25-5/h6-10,18,21H,1-5H3. The Bertz CT molecular complexity index is 743. The second-order valence-electron chi connectivity index (χ2n) is 5.42. The van der Waals surface area contributed by atoms with Gasteiger partial charge in [0, 0.05) is 12.1 Å². The molecule has 0 saturated heterocycles. The number of rotatable bonds is 7. The fourth-order valence-corrected chi connectivity index (χ4v) is 2.85. The van der Waals surface area contributed by atoms with Crippen LogP contribution in [-0.4, -0.2) is 39.3 Å². The highest BCUT2D eigenvalue weighted by molar-refractivity contribution is 5.89. The molecular formula is C19H22O6. The van der Waals surface area contributed by atoms with Gasteiger partial charge >= 0.3 is 0 Å². The monoisotopic (exact) mass is 346 g/mol. The molecule has 6 nitrogen and oxygen atoms in total. The minimum atomic E-state index is -0.648. The number of phenolic OH excluding ortho intramolecular Hbond substituents is 1. The average Bonchev–Trinajstić information content (AvgIpc) is 2.61. The molecule has 2 rings (SSSR count). The van der Waals surface area contributed by atoms with Gasteiger partial charge in [0.15, 0.2) is 11.5 Å².